The molecular formula is C28H28F4N4O2S2. The van der Waals surface area contributed by atoms with Gasteiger partial charge in [-0.15, -0.1) is 11.8 Å². The number of carbonyl (C=O) groups excluding carboxylic acids is 1. The largest absolute Gasteiger partial charge is 0.416 e. The zero-order valence-electron chi connectivity index (χ0n) is 22.5. The Morgan fingerprint density at radius 2 is 1.85 bits per heavy atom. The molecule has 2 aromatic heterocycles. The lowest BCUT2D eigenvalue weighted by Crippen LogP contribution is -2.32. The maximum absolute atomic E-state index is 14.2. The second-order valence-corrected chi connectivity index (χ2v) is 12.1. The highest BCUT2D eigenvalue weighted by atomic mass is 32.2. The first kappa shape index (κ1) is 29.8. The molecule has 2 heterocycles. The number of thiazole rings is 1. The molecule has 0 N–H and O–H groups in total. The summed E-state index contributed by atoms with van der Waals surface area (Å²) in [5, 5.41) is 5.17. The van der Waals surface area contributed by atoms with Crippen LogP contribution in [0.1, 0.15) is 35.6 Å². The van der Waals surface area contributed by atoms with Crippen LogP contribution in [0.4, 0.5) is 17.6 Å². The van der Waals surface area contributed by atoms with Crippen LogP contribution in [0.25, 0.3) is 27.5 Å². The van der Waals surface area contributed by atoms with Crippen LogP contribution >= 0.6 is 23.1 Å². The van der Waals surface area contributed by atoms with E-state index >= 15 is 0 Å². The zero-order valence-corrected chi connectivity index (χ0v) is 24.2. The van der Waals surface area contributed by atoms with Crippen LogP contribution < -0.4 is 0 Å². The van der Waals surface area contributed by atoms with E-state index in [2.05, 4.69) is 5.10 Å². The Balaban J connectivity index is 1.90. The number of amides is 1. The molecule has 0 aliphatic carbocycles. The van der Waals surface area contributed by atoms with Crippen LogP contribution in [-0.2, 0) is 10.9 Å². The van der Waals surface area contributed by atoms with E-state index in [1.807, 2.05) is 13.8 Å². The van der Waals surface area contributed by atoms with E-state index in [4.69, 9.17) is 9.72 Å². The standard InChI is InChI=1S/C28H28F4N4O2S2/c1-16(2)39-26-23(18-9-11-20(12-10-18)28(30,31)32)33-27(40-26)36-24(25(37)35(4)13-14-38-5)22(17(3)34-36)19-7-6-8-21(29)15-19/h6-12,15-16H,13-14H2,1-5H3. The lowest BCUT2D eigenvalue weighted by atomic mass is 10.0. The molecule has 0 aliphatic heterocycles. The summed E-state index contributed by atoms with van der Waals surface area (Å²) < 4.78 is 61.1. The minimum atomic E-state index is -4.45. The predicted molar refractivity (Wildman–Crippen MR) is 150 cm³/mol. The molecule has 1 amide bonds. The van der Waals surface area contributed by atoms with Crippen molar-refractivity contribution in [1.82, 2.24) is 19.7 Å². The minimum absolute atomic E-state index is 0.157. The average Bonchev–Trinajstić information content (AvgIpc) is 3.46. The molecule has 0 saturated heterocycles. The monoisotopic (exact) mass is 592 g/mol. The second kappa shape index (κ2) is 12.1. The number of ether oxygens (including phenoxy) is 1. The number of carbonyl (C=O) groups is 1. The van der Waals surface area contributed by atoms with Gasteiger partial charge in [-0.05, 0) is 36.8 Å². The number of thioether (sulfide) groups is 1. The number of alkyl halides is 3. The molecule has 212 valence electrons. The molecule has 0 bridgehead atoms. The number of likely N-dealkylation sites (N-methyl/N-ethyl adjacent to an activating group) is 1. The summed E-state index contributed by atoms with van der Waals surface area (Å²) in [5.74, 6) is -0.813. The van der Waals surface area contributed by atoms with Gasteiger partial charge >= 0.3 is 6.18 Å². The fourth-order valence-corrected chi connectivity index (χ4v) is 6.52. The maximum Gasteiger partial charge on any atom is 0.416 e. The summed E-state index contributed by atoms with van der Waals surface area (Å²) in [5.41, 5.74) is 1.92. The Labute approximate surface area is 238 Å². The van der Waals surface area contributed by atoms with E-state index in [1.54, 1.807) is 26.1 Å². The van der Waals surface area contributed by atoms with Crippen molar-refractivity contribution in [2.45, 2.75) is 36.4 Å². The van der Waals surface area contributed by atoms with E-state index in [0.717, 1.165) is 16.3 Å². The van der Waals surface area contributed by atoms with Crippen molar-refractivity contribution < 1.29 is 27.1 Å². The number of methoxy groups -OCH3 is 1. The molecule has 0 aliphatic rings. The quantitative estimate of drug-likeness (QED) is 0.150. The van der Waals surface area contributed by atoms with Gasteiger partial charge in [0.25, 0.3) is 5.91 Å². The normalized spacial score (nSPS) is 11.8. The van der Waals surface area contributed by atoms with Gasteiger partial charge in [-0.3, -0.25) is 4.79 Å². The van der Waals surface area contributed by atoms with Crippen LogP contribution in [0.15, 0.2) is 52.7 Å². The smallest absolute Gasteiger partial charge is 0.383 e. The molecule has 0 atom stereocenters. The molecule has 4 aromatic rings. The summed E-state index contributed by atoms with van der Waals surface area (Å²) in [7, 11) is 3.18. The van der Waals surface area contributed by atoms with E-state index in [-0.39, 0.29) is 16.9 Å². The fourth-order valence-electron chi connectivity index (χ4n) is 4.04. The highest BCUT2D eigenvalue weighted by Crippen LogP contribution is 2.41. The molecule has 0 unspecified atom stereocenters. The third kappa shape index (κ3) is 6.39. The summed E-state index contributed by atoms with van der Waals surface area (Å²) in [6.45, 7) is 6.36. The van der Waals surface area contributed by atoms with Gasteiger partial charge in [0.15, 0.2) is 0 Å². The van der Waals surface area contributed by atoms with Crippen LogP contribution in [0, 0.1) is 12.7 Å². The zero-order chi connectivity index (χ0) is 29.2. The summed E-state index contributed by atoms with van der Waals surface area (Å²) in [6.07, 6.45) is -4.45. The van der Waals surface area contributed by atoms with Crippen LogP contribution in [-0.4, -0.2) is 58.1 Å². The second-order valence-electron chi connectivity index (χ2n) is 9.32. The van der Waals surface area contributed by atoms with E-state index < -0.39 is 17.6 Å². The summed E-state index contributed by atoms with van der Waals surface area (Å²) in [4.78, 5) is 20.1. The Hall–Kier alpha value is -3.22. The Kier molecular flexibility index (Phi) is 9.01. The number of nitrogens with zero attached hydrogens (tertiary/aromatic N) is 4. The van der Waals surface area contributed by atoms with Crippen molar-refractivity contribution in [3.63, 3.8) is 0 Å². The van der Waals surface area contributed by atoms with Crippen molar-refractivity contribution in [2.75, 3.05) is 27.3 Å². The third-order valence-electron chi connectivity index (χ3n) is 5.95. The summed E-state index contributed by atoms with van der Waals surface area (Å²) in [6, 6.07) is 10.8. The van der Waals surface area contributed by atoms with Crippen molar-refractivity contribution >= 4 is 29.0 Å². The van der Waals surface area contributed by atoms with Gasteiger partial charge in [0, 0.05) is 37.1 Å². The number of aryl methyl sites for hydroxylation is 1. The molecule has 0 fully saturated rings. The number of aromatic nitrogens is 3. The molecule has 6 nitrogen and oxygen atoms in total. The molecule has 12 heteroatoms. The Morgan fingerprint density at radius 1 is 1.15 bits per heavy atom. The van der Waals surface area contributed by atoms with Crippen LogP contribution in [0.3, 0.4) is 0 Å². The van der Waals surface area contributed by atoms with E-state index in [0.29, 0.717) is 46.4 Å². The first-order valence-corrected chi connectivity index (χ1v) is 14.1. The number of hydrogen-bond donors (Lipinski definition) is 0. The molecule has 0 radical (unpaired) electrons. The van der Waals surface area contributed by atoms with Gasteiger partial charge in [-0.1, -0.05) is 49.4 Å². The van der Waals surface area contributed by atoms with E-state index in [1.165, 1.54) is 64.1 Å². The van der Waals surface area contributed by atoms with Gasteiger partial charge in [0.2, 0.25) is 5.13 Å². The number of halogens is 4. The molecule has 2 aromatic carbocycles. The van der Waals surface area contributed by atoms with Gasteiger partial charge < -0.3 is 9.64 Å². The third-order valence-corrected chi connectivity index (χ3v) is 8.19. The van der Waals surface area contributed by atoms with Crippen molar-refractivity contribution in [1.29, 1.82) is 0 Å². The highest BCUT2D eigenvalue weighted by molar-refractivity contribution is 8.01. The predicted octanol–water partition coefficient (Wildman–Crippen LogP) is 7.35. The van der Waals surface area contributed by atoms with Crippen molar-refractivity contribution in [3.05, 3.63) is 71.3 Å². The Bertz CT molecular complexity index is 1500. The lowest BCUT2D eigenvalue weighted by Gasteiger charge is -2.18. The van der Waals surface area contributed by atoms with E-state index in [9.17, 15) is 22.4 Å². The SMILES string of the molecule is COCCN(C)C(=O)c1c(-c2cccc(F)c2)c(C)nn1-c1nc(-c2ccc(C(F)(F)F)cc2)c(SC(C)C)s1. The van der Waals surface area contributed by atoms with Gasteiger partial charge in [-0.2, -0.15) is 23.0 Å². The first-order chi connectivity index (χ1) is 18.9. The average molecular weight is 593 g/mol. The highest BCUT2D eigenvalue weighted by Gasteiger charge is 2.31. The van der Waals surface area contributed by atoms with Crippen molar-refractivity contribution in [2.24, 2.45) is 0 Å². The molecule has 0 spiro atoms. The van der Waals surface area contributed by atoms with Gasteiger partial charge in [0.1, 0.15) is 11.5 Å². The van der Waals surface area contributed by atoms with Crippen molar-refractivity contribution in [3.8, 4) is 27.5 Å². The first-order valence-electron chi connectivity index (χ1n) is 12.4. The van der Waals surface area contributed by atoms with Gasteiger partial charge in [0.05, 0.1) is 27.8 Å². The molecule has 4 rings (SSSR count). The lowest BCUT2D eigenvalue weighted by molar-refractivity contribution is -0.137. The molecule has 0 saturated carbocycles. The maximum atomic E-state index is 14.2. The van der Waals surface area contributed by atoms with Gasteiger partial charge in [-0.25, -0.2) is 9.37 Å². The fraction of sp³-hybridized carbons (Fsp3) is 0.321. The van der Waals surface area contributed by atoms with Crippen LogP contribution in [0.2, 0.25) is 0 Å². The number of benzene rings is 2. The van der Waals surface area contributed by atoms with Crippen LogP contribution in [0.5, 0.6) is 0 Å². The minimum Gasteiger partial charge on any atom is -0.383 e. The Morgan fingerprint density at radius 3 is 2.45 bits per heavy atom. The molecular weight excluding hydrogens is 564 g/mol. The summed E-state index contributed by atoms with van der Waals surface area (Å²) >= 11 is 2.80. The number of rotatable bonds is 9. The number of hydrogen-bond acceptors (Lipinski definition) is 6. The molecule has 40 heavy (non-hydrogen) atoms. The topological polar surface area (TPSA) is 60.2 Å².